The van der Waals surface area contributed by atoms with Crippen LogP contribution < -0.4 is 4.74 Å². The lowest BCUT2D eigenvalue weighted by Crippen LogP contribution is -2.55. The van der Waals surface area contributed by atoms with Gasteiger partial charge in [0.2, 0.25) is 0 Å². The molecule has 7 heteroatoms. The number of nitrogens with zero attached hydrogens (tertiary/aromatic N) is 1. The lowest BCUT2D eigenvalue weighted by atomic mass is 9.91. The second kappa shape index (κ2) is 6.19. The Bertz CT molecular complexity index is 515. The van der Waals surface area contributed by atoms with Gasteiger partial charge in [-0.3, -0.25) is 14.9 Å². The van der Waals surface area contributed by atoms with Gasteiger partial charge in [-0.15, -0.1) is 0 Å². The van der Waals surface area contributed by atoms with E-state index in [-0.39, 0.29) is 24.6 Å². The van der Waals surface area contributed by atoms with Crippen LogP contribution in [0.5, 0.6) is 5.75 Å². The average Bonchev–Trinajstić information content (AvgIpc) is 2.32. The van der Waals surface area contributed by atoms with Crippen molar-refractivity contribution in [2.24, 2.45) is 0 Å². The minimum atomic E-state index is -1.02. The molecule has 2 rings (SSSR count). The molecule has 0 radical (unpaired) electrons. The van der Waals surface area contributed by atoms with Crippen molar-refractivity contribution in [1.29, 1.82) is 0 Å². The third kappa shape index (κ3) is 3.46. The summed E-state index contributed by atoms with van der Waals surface area (Å²) in [6.45, 7) is 0.229. The van der Waals surface area contributed by atoms with Crippen LogP contribution in [0, 0.1) is 10.1 Å². The molecule has 0 saturated carbocycles. The number of ether oxygens (including phenoxy) is 2. The van der Waals surface area contributed by atoms with E-state index in [0.29, 0.717) is 23.6 Å². The first-order valence-corrected chi connectivity index (χ1v) is 6.58. The molecular formula is C13H14ClNO5. The molecule has 1 aliphatic rings. The predicted molar refractivity (Wildman–Crippen MR) is 71.5 cm³/mol. The predicted octanol–water partition coefficient (Wildman–Crippen LogP) is 2.46. The molecule has 0 unspecified atom stereocenters. The number of carbonyl (C=O) groups is 1. The van der Waals surface area contributed by atoms with Crippen molar-refractivity contribution in [3.8, 4) is 5.75 Å². The van der Waals surface area contributed by atoms with E-state index in [2.05, 4.69) is 0 Å². The molecule has 1 aliphatic heterocycles. The van der Waals surface area contributed by atoms with Gasteiger partial charge in [0.15, 0.2) is 0 Å². The van der Waals surface area contributed by atoms with E-state index in [4.69, 9.17) is 21.1 Å². The molecule has 1 heterocycles. The van der Waals surface area contributed by atoms with Crippen LogP contribution in [0.15, 0.2) is 24.3 Å². The van der Waals surface area contributed by atoms with E-state index >= 15 is 0 Å². The minimum Gasteiger partial charge on any atom is -0.426 e. The Kier molecular flexibility index (Phi) is 4.57. The Morgan fingerprint density at radius 2 is 2.25 bits per heavy atom. The van der Waals surface area contributed by atoms with Crippen molar-refractivity contribution in [2.45, 2.75) is 24.8 Å². The summed E-state index contributed by atoms with van der Waals surface area (Å²) in [6, 6.07) is 6.52. The van der Waals surface area contributed by atoms with Gasteiger partial charge in [-0.2, -0.15) is 0 Å². The first-order valence-electron chi connectivity index (χ1n) is 6.20. The summed E-state index contributed by atoms with van der Waals surface area (Å²) in [7, 11) is 0. The quantitative estimate of drug-likeness (QED) is 0.349. The van der Waals surface area contributed by atoms with Gasteiger partial charge in [-0.05, 0) is 24.6 Å². The lowest BCUT2D eigenvalue weighted by Gasteiger charge is -2.32. The van der Waals surface area contributed by atoms with E-state index < -0.39 is 11.5 Å². The zero-order valence-electron chi connectivity index (χ0n) is 10.7. The fraction of sp³-hybridized carbons (Fsp3) is 0.462. The average molecular weight is 300 g/mol. The van der Waals surface area contributed by atoms with Crippen LogP contribution in [0.1, 0.15) is 19.3 Å². The fourth-order valence-corrected chi connectivity index (χ4v) is 2.13. The maximum absolute atomic E-state index is 11.6. The number of rotatable bonds is 6. The molecule has 0 N–H and O–H groups in total. The molecule has 1 saturated heterocycles. The van der Waals surface area contributed by atoms with Crippen molar-refractivity contribution in [1.82, 2.24) is 0 Å². The fourth-order valence-electron chi connectivity index (χ4n) is 1.95. The second-order valence-electron chi connectivity index (χ2n) is 4.76. The second-order valence-corrected chi connectivity index (χ2v) is 5.20. The zero-order valence-corrected chi connectivity index (χ0v) is 11.5. The molecule has 0 amide bonds. The van der Waals surface area contributed by atoms with Crippen LogP contribution in [0.25, 0.3) is 0 Å². The van der Waals surface area contributed by atoms with Crippen LogP contribution in [-0.4, -0.2) is 29.6 Å². The van der Waals surface area contributed by atoms with Crippen LogP contribution in [-0.2, 0) is 9.53 Å². The first kappa shape index (κ1) is 14.7. The third-order valence-electron chi connectivity index (χ3n) is 3.18. The zero-order chi connectivity index (χ0) is 14.6. The highest BCUT2D eigenvalue weighted by Crippen LogP contribution is 2.27. The molecule has 0 aromatic heterocycles. The summed E-state index contributed by atoms with van der Waals surface area (Å²) < 4.78 is 9.99. The van der Waals surface area contributed by atoms with Crippen molar-refractivity contribution in [3.05, 3.63) is 39.4 Å². The molecule has 1 fully saturated rings. The summed E-state index contributed by atoms with van der Waals surface area (Å²) in [6.07, 6.45) is 0.830. The summed E-state index contributed by atoms with van der Waals surface area (Å²) >= 11 is 5.77. The Morgan fingerprint density at radius 3 is 2.80 bits per heavy atom. The monoisotopic (exact) mass is 299 g/mol. The Morgan fingerprint density at radius 1 is 1.50 bits per heavy atom. The molecule has 0 aliphatic carbocycles. The van der Waals surface area contributed by atoms with Gasteiger partial charge >= 0.3 is 5.97 Å². The number of hydrogen-bond acceptors (Lipinski definition) is 5. The highest BCUT2D eigenvalue weighted by atomic mass is 35.5. The van der Waals surface area contributed by atoms with E-state index in [1.54, 1.807) is 18.2 Å². The number of halogens is 1. The summed E-state index contributed by atoms with van der Waals surface area (Å²) in [5.41, 5.74) is -1.02. The minimum absolute atomic E-state index is 0.114. The Labute approximate surface area is 120 Å². The number of esters is 1. The first-order chi connectivity index (χ1) is 9.52. The molecule has 1 aromatic carbocycles. The van der Waals surface area contributed by atoms with Crippen molar-refractivity contribution in [3.63, 3.8) is 0 Å². The van der Waals surface area contributed by atoms with Crippen LogP contribution in [0.2, 0.25) is 5.02 Å². The number of carbonyl (C=O) groups excluding carboxylic acids is 1. The molecule has 108 valence electrons. The van der Waals surface area contributed by atoms with Crippen molar-refractivity contribution < 1.29 is 19.2 Å². The maximum Gasteiger partial charge on any atom is 0.311 e. The molecule has 0 bridgehead atoms. The van der Waals surface area contributed by atoms with E-state index in [1.807, 2.05) is 0 Å². The van der Waals surface area contributed by atoms with Gasteiger partial charge in [0.25, 0.3) is 5.54 Å². The highest BCUT2D eigenvalue weighted by molar-refractivity contribution is 6.30. The van der Waals surface area contributed by atoms with Gasteiger partial charge in [-0.1, -0.05) is 17.7 Å². The SMILES string of the molecule is O=C(CCCC1([N+](=O)[O-])COC1)Oc1cccc(Cl)c1. The molecule has 1 aromatic rings. The maximum atomic E-state index is 11.6. The van der Waals surface area contributed by atoms with E-state index in [0.717, 1.165) is 0 Å². The third-order valence-corrected chi connectivity index (χ3v) is 3.41. The van der Waals surface area contributed by atoms with Crippen molar-refractivity contribution in [2.75, 3.05) is 13.2 Å². The molecule has 0 atom stereocenters. The van der Waals surface area contributed by atoms with Crippen LogP contribution >= 0.6 is 11.6 Å². The van der Waals surface area contributed by atoms with Gasteiger partial charge in [-0.25, -0.2) is 0 Å². The number of benzene rings is 1. The molecule has 6 nitrogen and oxygen atoms in total. The summed E-state index contributed by atoms with van der Waals surface area (Å²) in [4.78, 5) is 22.2. The molecule has 0 spiro atoms. The van der Waals surface area contributed by atoms with E-state index in [9.17, 15) is 14.9 Å². The van der Waals surface area contributed by atoms with Gasteiger partial charge in [0.1, 0.15) is 19.0 Å². The van der Waals surface area contributed by atoms with Crippen LogP contribution in [0.3, 0.4) is 0 Å². The lowest BCUT2D eigenvalue weighted by molar-refractivity contribution is -0.604. The Balaban J connectivity index is 1.77. The standard InChI is InChI=1S/C13H14ClNO5/c14-10-3-1-4-11(7-10)20-12(16)5-2-6-13(15(17)18)8-19-9-13/h1,3-4,7H,2,5-6,8-9H2. The number of nitro groups is 1. The number of hydrogen-bond donors (Lipinski definition) is 0. The van der Waals surface area contributed by atoms with Gasteiger partial charge in [0, 0.05) is 22.8 Å². The van der Waals surface area contributed by atoms with Gasteiger partial charge in [0.05, 0.1) is 0 Å². The Hall–Kier alpha value is -1.66. The topological polar surface area (TPSA) is 78.7 Å². The van der Waals surface area contributed by atoms with E-state index in [1.165, 1.54) is 6.07 Å². The normalized spacial score (nSPS) is 16.2. The highest BCUT2D eigenvalue weighted by Gasteiger charge is 2.50. The summed E-state index contributed by atoms with van der Waals surface area (Å²) in [5.74, 6) is -0.0514. The smallest absolute Gasteiger partial charge is 0.311 e. The van der Waals surface area contributed by atoms with Crippen molar-refractivity contribution >= 4 is 17.6 Å². The van der Waals surface area contributed by atoms with Crippen LogP contribution in [0.4, 0.5) is 0 Å². The summed E-state index contributed by atoms with van der Waals surface area (Å²) in [5, 5.41) is 11.4. The molecule has 20 heavy (non-hydrogen) atoms. The molecular weight excluding hydrogens is 286 g/mol. The largest absolute Gasteiger partial charge is 0.426 e. The van der Waals surface area contributed by atoms with Gasteiger partial charge < -0.3 is 9.47 Å².